The van der Waals surface area contributed by atoms with E-state index in [1.165, 1.54) is 12.0 Å². The number of rotatable bonds is 7. The molecule has 1 aliphatic rings. The van der Waals surface area contributed by atoms with E-state index in [2.05, 4.69) is 54.4 Å². The summed E-state index contributed by atoms with van der Waals surface area (Å²) in [7, 11) is 1.79. The summed E-state index contributed by atoms with van der Waals surface area (Å²) in [6.07, 6.45) is 3.44. The molecule has 1 aromatic carbocycles. The molecule has 0 spiro atoms. The Kier molecular flexibility index (Phi) is 6.68. The van der Waals surface area contributed by atoms with Crippen molar-refractivity contribution in [1.29, 1.82) is 0 Å². The topological polar surface area (TPSA) is 24.5 Å². The summed E-state index contributed by atoms with van der Waals surface area (Å²) >= 11 is 0. The van der Waals surface area contributed by atoms with Crippen LogP contribution in [-0.4, -0.2) is 49.8 Å². The largest absolute Gasteiger partial charge is 0.385 e. The first-order valence-electron chi connectivity index (χ1n) is 8.26. The molecular weight excluding hydrogens is 260 g/mol. The lowest BCUT2D eigenvalue weighted by Crippen LogP contribution is -2.59. The third kappa shape index (κ3) is 4.80. The molecule has 21 heavy (non-hydrogen) atoms. The number of hydrogen-bond donors (Lipinski definition) is 1. The maximum atomic E-state index is 5.27. The fourth-order valence-electron chi connectivity index (χ4n) is 3.23. The van der Waals surface area contributed by atoms with Gasteiger partial charge in [0, 0.05) is 44.9 Å². The molecule has 0 amide bonds. The number of piperazine rings is 1. The molecule has 3 heteroatoms. The second-order valence-corrected chi connectivity index (χ2v) is 6.18. The van der Waals surface area contributed by atoms with Crippen LogP contribution in [0.3, 0.4) is 0 Å². The fourth-order valence-corrected chi connectivity index (χ4v) is 3.23. The Morgan fingerprint density at radius 2 is 2.10 bits per heavy atom. The molecule has 1 heterocycles. The Balaban J connectivity index is 2.01. The van der Waals surface area contributed by atoms with Crippen molar-refractivity contribution in [3.8, 4) is 0 Å². The van der Waals surface area contributed by atoms with Crippen LogP contribution in [0.4, 0.5) is 0 Å². The maximum Gasteiger partial charge on any atom is 0.0477 e. The molecule has 3 nitrogen and oxygen atoms in total. The van der Waals surface area contributed by atoms with E-state index < -0.39 is 0 Å². The van der Waals surface area contributed by atoms with Gasteiger partial charge in [-0.2, -0.15) is 0 Å². The molecule has 1 aliphatic heterocycles. The fraction of sp³-hybridized carbons (Fsp3) is 0.667. The van der Waals surface area contributed by atoms with E-state index in [9.17, 15) is 0 Å². The summed E-state index contributed by atoms with van der Waals surface area (Å²) in [5.74, 6) is 0. The Hall–Kier alpha value is -0.900. The lowest BCUT2D eigenvalue weighted by Gasteiger charge is -2.44. The van der Waals surface area contributed by atoms with Gasteiger partial charge in [0.2, 0.25) is 0 Å². The number of hydrogen-bond acceptors (Lipinski definition) is 3. The van der Waals surface area contributed by atoms with Gasteiger partial charge in [0.15, 0.2) is 0 Å². The van der Waals surface area contributed by atoms with E-state index >= 15 is 0 Å². The van der Waals surface area contributed by atoms with Gasteiger partial charge in [0.05, 0.1) is 0 Å². The Morgan fingerprint density at radius 1 is 1.33 bits per heavy atom. The van der Waals surface area contributed by atoms with Gasteiger partial charge in [-0.1, -0.05) is 37.3 Å². The molecule has 1 aromatic rings. The summed E-state index contributed by atoms with van der Waals surface area (Å²) in [5.41, 5.74) is 1.43. The SMILES string of the molecule is CCC1CN(C(C)CCOC)C(Cc2ccccc2)CN1. The van der Waals surface area contributed by atoms with E-state index in [1.807, 2.05) is 0 Å². The summed E-state index contributed by atoms with van der Waals surface area (Å²) in [6, 6.07) is 12.6. The van der Waals surface area contributed by atoms with Crippen LogP contribution < -0.4 is 5.32 Å². The lowest BCUT2D eigenvalue weighted by molar-refractivity contribution is 0.0670. The van der Waals surface area contributed by atoms with Crippen LogP contribution in [0.15, 0.2) is 30.3 Å². The van der Waals surface area contributed by atoms with Gasteiger partial charge < -0.3 is 10.1 Å². The van der Waals surface area contributed by atoms with Crippen LogP contribution in [0.2, 0.25) is 0 Å². The molecule has 0 aliphatic carbocycles. The van der Waals surface area contributed by atoms with E-state index in [1.54, 1.807) is 7.11 Å². The van der Waals surface area contributed by atoms with E-state index in [-0.39, 0.29) is 0 Å². The van der Waals surface area contributed by atoms with Gasteiger partial charge in [-0.05, 0) is 31.7 Å². The van der Waals surface area contributed by atoms with Gasteiger partial charge in [0.1, 0.15) is 0 Å². The van der Waals surface area contributed by atoms with Gasteiger partial charge in [0.25, 0.3) is 0 Å². The monoisotopic (exact) mass is 290 g/mol. The van der Waals surface area contributed by atoms with E-state index in [0.717, 1.165) is 32.5 Å². The standard InChI is InChI=1S/C18H30N2O/c1-4-17-14-20(15(2)10-11-21-3)18(13-19-17)12-16-8-6-5-7-9-16/h5-9,15,17-19H,4,10-14H2,1-3H3. The molecule has 3 unspecified atom stereocenters. The Morgan fingerprint density at radius 3 is 2.76 bits per heavy atom. The van der Waals surface area contributed by atoms with E-state index in [4.69, 9.17) is 4.74 Å². The average Bonchev–Trinajstić information content (AvgIpc) is 2.54. The molecule has 1 saturated heterocycles. The summed E-state index contributed by atoms with van der Waals surface area (Å²) in [6.45, 7) is 7.70. The van der Waals surface area contributed by atoms with Crippen molar-refractivity contribution in [3.63, 3.8) is 0 Å². The number of ether oxygens (including phenoxy) is 1. The number of nitrogens with zero attached hydrogens (tertiary/aromatic N) is 1. The van der Waals surface area contributed by atoms with Gasteiger partial charge >= 0.3 is 0 Å². The highest BCUT2D eigenvalue weighted by molar-refractivity contribution is 5.16. The molecule has 2 rings (SSSR count). The van der Waals surface area contributed by atoms with Crippen LogP contribution in [0.5, 0.6) is 0 Å². The highest BCUT2D eigenvalue weighted by atomic mass is 16.5. The average molecular weight is 290 g/mol. The number of benzene rings is 1. The third-order valence-corrected chi connectivity index (χ3v) is 4.66. The van der Waals surface area contributed by atoms with Crippen LogP contribution in [0.1, 0.15) is 32.3 Å². The zero-order chi connectivity index (χ0) is 15.1. The highest BCUT2D eigenvalue weighted by Gasteiger charge is 2.30. The molecule has 3 atom stereocenters. The van der Waals surface area contributed by atoms with Crippen LogP contribution >= 0.6 is 0 Å². The Bertz CT molecular complexity index is 395. The molecule has 1 N–H and O–H groups in total. The van der Waals surface area contributed by atoms with Gasteiger partial charge in [-0.3, -0.25) is 4.90 Å². The first-order valence-corrected chi connectivity index (χ1v) is 8.26. The minimum absolute atomic E-state index is 0.579. The van der Waals surface area contributed by atoms with Crippen LogP contribution in [0, 0.1) is 0 Å². The second kappa shape index (κ2) is 8.52. The molecule has 0 aromatic heterocycles. The smallest absolute Gasteiger partial charge is 0.0477 e. The first kappa shape index (κ1) is 16.5. The van der Waals surface area contributed by atoms with Crippen molar-refractivity contribution in [3.05, 3.63) is 35.9 Å². The van der Waals surface area contributed by atoms with Crippen molar-refractivity contribution < 1.29 is 4.74 Å². The van der Waals surface area contributed by atoms with Gasteiger partial charge in [-0.25, -0.2) is 0 Å². The molecule has 1 fully saturated rings. The molecule has 118 valence electrons. The predicted octanol–water partition coefficient (Wildman–Crippen LogP) is 2.71. The summed E-state index contributed by atoms with van der Waals surface area (Å²) < 4.78 is 5.27. The van der Waals surface area contributed by atoms with Gasteiger partial charge in [-0.15, -0.1) is 0 Å². The minimum Gasteiger partial charge on any atom is -0.385 e. The Labute approximate surface area is 129 Å². The van der Waals surface area contributed by atoms with Crippen LogP contribution in [0.25, 0.3) is 0 Å². The van der Waals surface area contributed by atoms with Crippen LogP contribution in [-0.2, 0) is 11.2 Å². The summed E-state index contributed by atoms with van der Waals surface area (Å²) in [5, 5.41) is 3.71. The molecule has 0 bridgehead atoms. The van der Waals surface area contributed by atoms with Crippen molar-refractivity contribution >= 4 is 0 Å². The van der Waals surface area contributed by atoms with E-state index in [0.29, 0.717) is 18.1 Å². The zero-order valence-electron chi connectivity index (χ0n) is 13.7. The quantitative estimate of drug-likeness (QED) is 0.835. The van der Waals surface area contributed by atoms with Crippen molar-refractivity contribution in [2.45, 2.75) is 51.2 Å². The number of methoxy groups -OCH3 is 1. The second-order valence-electron chi connectivity index (χ2n) is 6.18. The van der Waals surface area contributed by atoms with Crippen molar-refractivity contribution in [1.82, 2.24) is 10.2 Å². The zero-order valence-corrected chi connectivity index (χ0v) is 13.7. The molecule has 0 radical (unpaired) electrons. The minimum atomic E-state index is 0.579. The lowest BCUT2D eigenvalue weighted by atomic mass is 9.97. The maximum absolute atomic E-state index is 5.27. The van der Waals surface area contributed by atoms with Crippen molar-refractivity contribution in [2.24, 2.45) is 0 Å². The number of nitrogens with one attached hydrogen (secondary N) is 1. The molecular formula is C18H30N2O. The highest BCUT2D eigenvalue weighted by Crippen LogP contribution is 2.18. The normalized spacial score (nSPS) is 24.9. The predicted molar refractivity (Wildman–Crippen MR) is 88.7 cm³/mol. The van der Waals surface area contributed by atoms with Crippen molar-refractivity contribution in [2.75, 3.05) is 26.8 Å². The first-order chi connectivity index (χ1) is 10.2. The molecule has 0 saturated carbocycles. The third-order valence-electron chi connectivity index (χ3n) is 4.66. The summed E-state index contributed by atoms with van der Waals surface area (Å²) in [4.78, 5) is 2.69.